The summed E-state index contributed by atoms with van der Waals surface area (Å²) < 4.78 is 5.33. The van der Waals surface area contributed by atoms with Gasteiger partial charge in [0, 0.05) is 13.0 Å². The monoisotopic (exact) mass is 275 g/mol. The lowest BCUT2D eigenvalue weighted by molar-refractivity contribution is -0.132. The Morgan fingerprint density at radius 3 is 2.95 bits per heavy atom. The molecule has 2 heterocycles. The van der Waals surface area contributed by atoms with Gasteiger partial charge in [0.1, 0.15) is 5.76 Å². The van der Waals surface area contributed by atoms with Gasteiger partial charge in [0.25, 0.3) is 0 Å². The van der Waals surface area contributed by atoms with E-state index in [1.807, 2.05) is 28.5 Å². The Hall–Kier alpha value is -1.81. The van der Waals surface area contributed by atoms with Gasteiger partial charge in [-0.05, 0) is 40.9 Å². The third-order valence-electron chi connectivity index (χ3n) is 2.80. The first kappa shape index (κ1) is 13.6. The van der Waals surface area contributed by atoms with Gasteiger partial charge >= 0.3 is 0 Å². The molecule has 0 fully saturated rings. The van der Waals surface area contributed by atoms with E-state index in [-0.39, 0.29) is 5.91 Å². The lowest BCUT2D eigenvalue weighted by atomic mass is 10.2. The van der Waals surface area contributed by atoms with Crippen LogP contribution in [0.1, 0.15) is 24.2 Å². The fourth-order valence-corrected chi connectivity index (χ4v) is 2.47. The molecule has 0 saturated carbocycles. The van der Waals surface area contributed by atoms with Crippen LogP contribution in [0.4, 0.5) is 0 Å². The number of rotatable bonds is 7. The van der Waals surface area contributed by atoms with Crippen LogP contribution in [0.25, 0.3) is 0 Å². The third-order valence-corrected chi connectivity index (χ3v) is 3.53. The van der Waals surface area contributed by atoms with E-state index in [1.54, 1.807) is 23.7 Å². The molecule has 2 rings (SSSR count). The van der Waals surface area contributed by atoms with Gasteiger partial charge in [-0.2, -0.15) is 11.3 Å². The minimum Gasteiger partial charge on any atom is -0.467 e. The van der Waals surface area contributed by atoms with Gasteiger partial charge < -0.3 is 9.32 Å². The predicted molar refractivity (Wildman–Crippen MR) is 76.7 cm³/mol. The predicted octanol–water partition coefficient (Wildman–Crippen LogP) is 3.84. The molecule has 0 saturated heterocycles. The van der Waals surface area contributed by atoms with Crippen molar-refractivity contribution in [3.8, 4) is 0 Å². The highest BCUT2D eigenvalue weighted by atomic mass is 32.1. The first-order valence-corrected chi connectivity index (χ1v) is 7.16. The molecule has 0 radical (unpaired) electrons. The molecule has 1 amide bonds. The minimum absolute atomic E-state index is 0.127. The lowest BCUT2D eigenvalue weighted by Crippen LogP contribution is -2.29. The topological polar surface area (TPSA) is 33.5 Å². The quantitative estimate of drug-likeness (QED) is 0.719. The highest BCUT2D eigenvalue weighted by Crippen LogP contribution is 2.14. The van der Waals surface area contributed by atoms with E-state index in [1.165, 1.54) is 0 Å². The Balaban J connectivity index is 2.03. The van der Waals surface area contributed by atoms with Crippen molar-refractivity contribution in [1.29, 1.82) is 0 Å². The first-order chi connectivity index (χ1) is 9.29. The van der Waals surface area contributed by atoms with E-state index in [2.05, 4.69) is 12.0 Å². The number of nitrogens with zero attached hydrogens (tertiary/aromatic N) is 1. The summed E-state index contributed by atoms with van der Waals surface area (Å²) in [4.78, 5) is 14.0. The zero-order valence-electron chi connectivity index (χ0n) is 10.7. The molecule has 0 spiro atoms. The van der Waals surface area contributed by atoms with Crippen LogP contribution in [0.2, 0.25) is 0 Å². The molecule has 2 aromatic heterocycles. The van der Waals surface area contributed by atoms with Crippen molar-refractivity contribution >= 4 is 17.2 Å². The first-order valence-electron chi connectivity index (χ1n) is 6.21. The van der Waals surface area contributed by atoms with Crippen LogP contribution in [-0.2, 0) is 17.9 Å². The van der Waals surface area contributed by atoms with Crippen LogP contribution in [0, 0.1) is 0 Å². The molecule has 0 atom stereocenters. The molecule has 0 aromatic carbocycles. The minimum atomic E-state index is 0.127. The summed E-state index contributed by atoms with van der Waals surface area (Å²) >= 11 is 1.64. The molecule has 0 N–H and O–H groups in total. The van der Waals surface area contributed by atoms with Crippen LogP contribution >= 0.6 is 11.3 Å². The average molecular weight is 275 g/mol. The third kappa shape index (κ3) is 4.10. The molecule has 4 heteroatoms. The summed E-state index contributed by atoms with van der Waals surface area (Å²) in [5.74, 6) is 0.935. The molecular weight excluding hydrogens is 258 g/mol. The van der Waals surface area contributed by atoms with Crippen molar-refractivity contribution in [3.63, 3.8) is 0 Å². The Morgan fingerprint density at radius 1 is 1.42 bits per heavy atom. The molecule has 0 aliphatic carbocycles. The van der Waals surface area contributed by atoms with Crippen molar-refractivity contribution in [3.05, 3.63) is 59.2 Å². The van der Waals surface area contributed by atoms with E-state index in [4.69, 9.17) is 4.42 Å². The van der Waals surface area contributed by atoms with Gasteiger partial charge in [-0.15, -0.1) is 6.58 Å². The number of thiophene rings is 1. The van der Waals surface area contributed by atoms with Gasteiger partial charge in [0.15, 0.2) is 0 Å². The maximum Gasteiger partial charge on any atom is 0.223 e. The summed E-state index contributed by atoms with van der Waals surface area (Å²) in [6, 6.07) is 5.77. The Kier molecular flexibility index (Phi) is 4.98. The molecule has 0 bridgehead atoms. The summed E-state index contributed by atoms with van der Waals surface area (Å²) in [5, 5.41) is 4.09. The van der Waals surface area contributed by atoms with Gasteiger partial charge in [-0.1, -0.05) is 6.08 Å². The number of hydrogen-bond acceptors (Lipinski definition) is 3. The normalized spacial score (nSPS) is 10.3. The van der Waals surface area contributed by atoms with E-state index in [0.29, 0.717) is 25.9 Å². The average Bonchev–Trinajstić information content (AvgIpc) is 3.08. The largest absolute Gasteiger partial charge is 0.467 e. The van der Waals surface area contributed by atoms with Crippen LogP contribution < -0.4 is 0 Å². The standard InChI is InChI=1S/C15H17NO2S/c1-2-3-6-15(17)16(10-13-7-9-19-12-13)11-14-5-4-8-18-14/h2,4-5,7-9,12H,1,3,6,10-11H2. The molecule has 2 aromatic rings. The van der Waals surface area contributed by atoms with Crippen molar-refractivity contribution in [1.82, 2.24) is 4.90 Å². The fourth-order valence-electron chi connectivity index (χ4n) is 1.81. The van der Waals surface area contributed by atoms with E-state index < -0.39 is 0 Å². The molecule has 0 aliphatic rings. The highest BCUT2D eigenvalue weighted by molar-refractivity contribution is 7.07. The summed E-state index contributed by atoms with van der Waals surface area (Å²) in [6.07, 6.45) is 4.60. The molecule has 0 unspecified atom stereocenters. The van der Waals surface area contributed by atoms with Crippen LogP contribution in [0.5, 0.6) is 0 Å². The maximum atomic E-state index is 12.2. The van der Waals surface area contributed by atoms with Crippen molar-refractivity contribution in [2.24, 2.45) is 0 Å². The lowest BCUT2D eigenvalue weighted by Gasteiger charge is -2.21. The molecule has 3 nitrogen and oxygen atoms in total. The van der Waals surface area contributed by atoms with Gasteiger partial charge in [-0.3, -0.25) is 4.79 Å². The Labute approximate surface area is 117 Å². The van der Waals surface area contributed by atoms with Crippen molar-refractivity contribution in [2.75, 3.05) is 0 Å². The van der Waals surface area contributed by atoms with Gasteiger partial charge in [-0.25, -0.2) is 0 Å². The Bertz CT molecular complexity index is 466. The molecule has 0 aliphatic heterocycles. The molecule has 19 heavy (non-hydrogen) atoms. The number of allylic oxidation sites excluding steroid dienone is 1. The zero-order chi connectivity index (χ0) is 13.5. The Morgan fingerprint density at radius 2 is 2.32 bits per heavy atom. The fraction of sp³-hybridized carbons (Fsp3) is 0.267. The van der Waals surface area contributed by atoms with Crippen LogP contribution in [0.3, 0.4) is 0 Å². The molecular formula is C15H17NO2S. The van der Waals surface area contributed by atoms with E-state index >= 15 is 0 Å². The summed E-state index contributed by atoms with van der Waals surface area (Å²) in [7, 11) is 0. The van der Waals surface area contributed by atoms with Crippen molar-refractivity contribution in [2.45, 2.75) is 25.9 Å². The number of carbonyl (C=O) groups excluding carboxylic acids is 1. The smallest absolute Gasteiger partial charge is 0.223 e. The maximum absolute atomic E-state index is 12.2. The van der Waals surface area contributed by atoms with E-state index in [0.717, 1.165) is 11.3 Å². The van der Waals surface area contributed by atoms with E-state index in [9.17, 15) is 4.79 Å². The SMILES string of the molecule is C=CCCC(=O)N(Cc1ccsc1)Cc1ccco1. The van der Waals surface area contributed by atoms with Crippen molar-refractivity contribution < 1.29 is 9.21 Å². The second-order valence-electron chi connectivity index (χ2n) is 4.29. The zero-order valence-corrected chi connectivity index (χ0v) is 11.6. The van der Waals surface area contributed by atoms with Crippen LogP contribution in [-0.4, -0.2) is 10.8 Å². The van der Waals surface area contributed by atoms with Gasteiger partial charge in [0.2, 0.25) is 5.91 Å². The number of furan rings is 1. The van der Waals surface area contributed by atoms with Crippen LogP contribution in [0.15, 0.2) is 52.3 Å². The number of hydrogen-bond donors (Lipinski definition) is 0. The summed E-state index contributed by atoms with van der Waals surface area (Å²) in [5.41, 5.74) is 1.16. The second kappa shape index (κ2) is 6.95. The number of amides is 1. The number of carbonyl (C=O) groups is 1. The summed E-state index contributed by atoms with van der Waals surface area (Å²) in [6.45, 7) is 4.79. The second-order valence-corrected chi connectivity index (χ2v) is 5.07. The van der Waals surface area contributed by atoms with Gasteiger partial charge in [0.05, 0.1) is 12.8 Å². The highest BCUT2D eigenvalue weighted by Gasteiger charge is 2.15. The molecule has 100 valence electrons.